The van der Waals surface area contributed by atoms with E-state index in [0.29, 0.717) is 23.1 Å². The molecule has 1 fully saturated rings. The second-order valence-corrected chi connectivity index (χ2v) is 6.86. The van der Waals surface area contributed by atoms with Crippen LogP contribution in [0.25, 0.3) is 22.9 Å². The topological polar surface area (TPSA) is 68.5 Å². The second-order valence-electron chi connectivity index (χ2n) is 6.86. The fourth-order valence-electron chi connectivity index (χ4n) is 3.35. The van der Waals surface area contributed by atoms with Gasteiger partial charge < -0.3 is 14.1 Å². The van der Waals surface area contributed by atoms with Crippen molar-refractivity contribution in [2.45, 2.75) is 25.7 Å². The Hall–Kier alpha value is -3.15. The van der Waals surface area contributed by atoms with E-state index < -0.39 is 0 Å². The maximum absolute atomic E-state index is 12.5. The van der Waals surface area contributed by atoms with Gasteiger partial charge in [-0.3, -0.25) is 4.79 Å². The first kappa shape index (κ1) is 18.2. The highest BCUT2D eigenvalue weighted by molar-refractivity contribution is 5.78. The highest BCUT2D eigenvalue weighted by Gasteiger charge is 2.18. The van der Waals surface area contributed by atoms with Gasteiger partial charge >= 0.3 is 0 Å². The van der Waals surface area contributed by atoms with Crippen molar-refractivity contribution >= 4 is 5.91 Å². The predicted octanol–water partition coefficient (Wildman–Crippen LogP) is 4.19. The molecule has 1 aromatic heterocycles. The minimum atomic E-state index is 0.0106. The molecule has 1 amide bonds. The molecule has 0 atom stereocenters. The monoisotopic (exact) mass is 377 g/mol. The highest BCUT2D eigenvalue weighted by Crippen LogP contribution is 2.31. The molecule has 6 nitrogen and oxygen atoms in total. The van der Waals surface area contributed by atoms with Gasteiger partial charge in [-0.05, 0) is 37.1 Å². The number of carbonyl (C=O) groups is 1. The lowest BCUT2D eigenvalue weighted by Gasteiger charge is -2.20. The fourth-order valence-corrected chi connectivity index (χ4v) is 3.35. The summed E-state index contributed by atoms with van der Waals surface area (Å²) in [4.78, 5) is 14.4. The van der Waals surface area contributed by atoms with E-state index in [2.05, 4.69) is 10.2 Å². The molecule has 0 radical (unpaired) electrons. The SMILES string of the molecule is O=C(COc1ccccc1-c1nnc(-c2ccccc2)o1)N1CCCCCC1. The zero-order valence-electron chi connectivity index (χ0n) is 15.7. The first-order valence-corrected chi connectivity index (χ1v) is 9.70. The molecule has 6 heteroatoms. The Morgan fingerprint density at radius 1 is 0.893 bits per heavy atom. The van der Waals surface area contributed by atoms with Gasteiger partial charge in [0.2, 0.25) is 5.89 Å². The minimum absolute atomic E-state index is 0.0106. The third kappa shape index (κ3) is 4.22. The third-order valence-corrected chi connectivity index (χ3v) is 4.87. The van der Waals surface area contributed by atoms with Crippen molar-refractivity contribution in [1.82, 2.24) is 15.1 Å². The number of rotatable bonds is 5. The summed E-state index contributed by atoms with van der Waals surface area (Å²) < 4.78 is 11.7. The molecule has 0 bridgehead atoms. The number of hydrogen-bond acceptors (Lipinski definition) is 5. The van der Waals surface area contributed by atoms with E-state index >= 15 is 0 Å². The van der Waals surface area contributed by atoms with E-state index in [1.54, 1.807) is 0 Å². The fraction of sp³-hybridized carbons (Fsp3) is 0.318. The van der Waals surface area contributed by atoms with Crippen molar-refractivity contribution in [3.8, 4) is 28.7 Å². The van der Waals surface area contributed by atoms with Crippen LogP contribution in [0.3, 0.4) is 0 Å². The minimum Gasteiger partial charge on any atom is -0.483 e. The van der Waals surface area contributed by atoms with Crippen molar-refractivity contribution < 1.29 is 13.9 Å². The number of nitrogens with zero attached hydrogens (tertiary/aromatic N) is 3. The zero-order valence-corrected chi connectivity index (χ0v) is 15.7. The Morgan fingerprint density at radius 3 is 2.36 bits per heavy atom. The van der Waals surface area contributed by atoms with E-state index in [9.17, 15) is 4.79 Å². The molecular formula is C22H23N3O3. The Bertz CT molecular complexity index is 916. The summed E-state index contributed by atoms with van der Waals surface area (Å²) in [5.74, 6) is 1.41. The largest absolute Gasteiger partial charge is 0.483 e. The number of ether oxygens (including phenoxy) is 1. The summed E-state index contributed by atoms with van der Waals surface area (Å²) in [6.07, 6.45) is 4.50. The number of likely N-dealkylation sites (tertiary alicyclic amines) is 1. The average Bonchev–Trinajstić information content (AvgIpc) is 3.08. The van der Waals surface area contributed by atoms with E-state index in [1.807, 2.05) is 59.5 Å². The molecule has 3 aromatic rings. The maximum atomic E-state index is 12.5. The number of hydrogen-bond donors (Lipinski definition) is 0. The number of amides is 1. The molecule has 0 aliphatic carbocycles. The van der Waals surface area contributed by atoms with Gasteiger partial charge in [0, 0.05) is 18.7 Å². The van der Waals surface area contributed by atoms with Gasteiger partial charge in [0.1, 0.15) is 5.75 Å². The van der Waals surface area contributed by atoms with Gasteiger partial charge in [0.25, 0.3) is 11.8 Å². The van der Waals surface area contributed by atoms with Crippen molar-refractivity contribution in [3.63, 3.8) is 0 Å². The molecule has 1 aliphatic heterocycles. The number of benzene rings is 2. The van der Waals surface area contributed by atoms with Crippen LogP contribution in [0.15, 0.2) is 59.0 Å². The second kappa shape index (κ2) is 8.69. The van der Waals surface area contributed by atoms with Gasteiger partial charge in [0.15, 0.2) is 6.61 Å². The smallest absolute Gasteiger partial charge is 0.260 e. The van der Waals surface area contributed by atoms with Crippen LogP contribution in [0.1, 0.15) is 25.7 Å². The number of para-hydroxylation sites is 1. The van der Waals surface area contributed by atoms with Gasteiger partial charge in [-0.25, -0.2) is 0 Å². The average molecular weight is 377 g/mol. The molecule has 1 aliphatic rings. The molecule has 0 spiro atoms. The van der Waals surface area contributed by atoms with Crippen LogP contribution < -0.4 is 4.74 Å². The molecule has 1 saturated heterocycles. The van der Waals surface area contributed by atoms with Crippen LogP contribution in [0.4, 0.5) is 0 Å². The Balaban J connectivity index is 1.48. The molecule has 2 aromatic carbocycles. The molecule has 2 heterocycles. The lowest BCUT2D eigenvalue weighted by molar-refractivity contribution is -0.133. The standard InChI is InChI=1S/C22H23N3O3/c26-20(25-14-8-1-2-9-15-25)16-27-19-13-7-6-12-18(19)22-24-23-21(28-22)17-10-4-3-5-11-17/h3-7,10-13H,1-2,8-9,14-16H2. The Labute approximate surface area is 164 Å². The van der Waals surface area contributed by atoms with E-state index in [4.69, 9.17) is 9.15 Å². The number of carbonyl (C=O) groups excluding carboxylic acids is 1. The summed E-state index contributed by atoms with van der Waals surface area (Å²) >= 11 is 0. The molecule has 0 unspecified atom stereocenters. The Morgan fingerprint density at radius 2 is 1.57 bits per heavy atom. The van der Waals surface area contributed by atoms with Crippen LogP contribution in [-0.4, -0.2) is 40.7 Å². The van der Waals surface area contributed by atoms with Crippen LogP contribution >= 0.6 is 0 Å². The first-order chi connectivity index (χ1) is 13.8. The maximum Gasteiger partial charge on any atom is 0.260 e. The van der Waals surface area contributed by atoms with Crippen LogP contribution in [-0.2, 0) is 4.79 Å². The lowest BCUT2D eigenvalue weighted by atomic mass is 10.2. The molecular weight excluding hydrogens is 354 g/mol. The van der Waals surface area contributed by atoms with Gasteiger partial charge in [-0.15, -0.1) is 10.2 Å². The van der Waals surface area contributed by atoms with E-state index in [-0.39, 0.29) is 12.5 Å². The first-order valence-electron chi connectivity index (χ1n) is 9.70. The number of aromatic nitrogens is 2. The van der Waals surface area contributed by atoms with Gasteiger partial charge in [-0.1, -0.05) is 43.2 Å². The summed E-state index contributed by atoms with van der Waals surface area (Å²) in [6.45, 7) is 1.64. The lowest BCUT2D eigenvalue weighted by Crippen LogP contribution is -2.35. The zero-order chi connectivity index (χ0) is 19.2. The highest BCUT2D eigenvalue weighted by atomic mass is 16.5. The van der Waals surface area contributed by atoms with Crippen molar-refractivity contribution in [1.29, 1.82) is 0 Å². The summed E-state index contributed by atoms with van der Waals surface area (Å²) in [7, 11) is 0. The molecule has 144 valence electrons. The molecule has 4 rings (SSSR count). The predicted molar refractivity (Wildman–Crippen MR) is 106 cm³/mol. The van der Waals surface area contributed by atoms with Crippen molar-refractivity contribution in [2.75, 3.05) is 19.7 Å². The molecule has 0 N–H and O–H groups in total. The molecule has 0 saturated carbocycles. The quantitative estimate of drug-likeness (QED) is 0.667. The van der Waals surface area contributed by atoms with E-state index in [0.717, 1.165) is 31.5 Å². The van der Waals surface area contributed by atoms with Gasteiger partial charge in [0.05, 0.1) is 5.56 Å². The van der Waals surface area contributed by atoms with Crippen LogP contribution in [0.5, 0.6) is 5.75 Å². The summed E-state index contributed by atoms with van der Waals surface area (Å²) in [5, 5.41) is 8.30. The van der Waals surface area contributed by atoms with E-state index in [1.165, 1.54) is 12.8 Å². The van der Waals surface area contributed by atoms with Crippen LogP contribution in [0.2, 0.25) is 0 Å². The normalized spacial score (nSPS) is 14.5. The Kier molecular flexibility index (Phi) is 5.66. The van der Waals surface area contributed by atoms with Crippen LogP contribution in [0, 0.1) is 0 Å². The third-order valence-electron chi connectivity index (χ3n) is 4.87. The summed E-state index contributed by atoms with van der Waals surface area (Å²) in [6, 6.07) is 17.0. The summed E-state index contributed by atoms with van der Waals surface area (Å²) in [5.41, 5.74) is 1.54. The van der Waals surface area contributed by atoms with Gasteiger partial charge in [-0.2, -0.15) is 0 Å². The van der Waals surface area contributed by atoms with Crippen molar-refractivity contribution in [3.05, 3.63) is 54.6 Å². The van der Waals surface area contributed by atoms with Crippen molar-refractivity contribution in [2.24, 2.45) is 0 Å². The molecule has 28 heavy (non-hydrogen) atoms.